The molecule has 0 spiro atoms. The third kappa shape index (κ3) is 3.96. The SMILES string of the molecule is Cc1ccc(-c2cc(-c3ccc(C)cc3)c3c(=O)n4c(nc3n2)SC(c2ccccc2)C(C#N)=C4N)cc1. The van der Waals surface area contributed by atoms with E-state index in [0.29, 0.717) is 21.8 Å². The Morgan fingerprint density at radius 2 is 1.53 bits per heavy atom. The Hall–Kier alpha value is -4.67. The molecule has 0 aliphatic carbocycles. The number of hydrogen-bond donors (Lipinski definition) is 1. The van der Waals surface area contributed by atoms with Crippen molar-refractivity contribution in [3.05, 3.63) is 118 Å². The van der Waals surface area contributed by atoms with E-state index < -0.39 is 0 Å². The van der Waals surface area contributed by atoms with Gasteiger partial charge in [0, 0.05) is 11.1 Å². The summed E-state index contributed by atoms with van der Waals surface area (Å²) in [6.45, 7) is 4.06. The van der Waals surface area contributed by atoms with Crippen LogP contribution >= 0.6 is 11.8 Å². The summed E-state index contributed by atoms with van der Waals surface area (Å²) in [5.41, 5.74) is 13.3. The summed E-state index contributed by atoms with van der Waals surface area (Å²) >= 11 is 1.33. The molecule has 0 saturated carbocycles. The average molecular weight is 514 g/mol. The van der Waals surface area contributed by atoms with Gasteiger partial charge < -0.3 is 5.73 Å². The van der Waals surface area contributed by atoms with E-state index in [1.54, 1.807) is 0 Å². The highest BCUT2D eigenvalue weighted by Crippen LogP contribution is 2.45. The molecule has 0 saturated heterocycles. The number of aromatic nitrogens is 3. The Kier molecular flexibility index (Phi) is 5.82. The maximum atomic E-state index is 14.1. The number of aryl methyl sites for hydroxylation is 2. The van der Waals surface area contributed by atoms with Crippen LogP contribution in [0.15, 0.2) is 100 Å². The van der Waals surface area contributed by atoms with Crippen LogP contribution < -0.4 is 11.3 Å². The number of nitrogens with zero attached hydrogens (tertiary/aromatic N) is 4. The smallest absolute Gasteiger partial charge is 0.270 e. The van der Waals surface area contributed by atoms with E-state index in [4.69, 9.17) is 15.7 Å². The number of fused-ring (bicyclic) bond motifs is 2. The van der Waals surface area contributed by atoms with E-state index in [-0.39, 0.29) is 16.6 Å². The van der Waals surface area contributed by atoms with E-state index in [2.05, 4.69) is 6.07 Å². The molecule has 3 aromatic carbocycles. The first-order valence-corrected chi connectivity index (χ1v) is 13.1. The predicted octanol–water partition coefficient (Wildman–Crippen LogP) is 6.24. The molecule has 38 heavy (non-hydrogen) atoms. The summed E-state index contributed by atoms with van der Waals surface area (Å²) in [6, 6.07) is 29.9. The van der Waals surface area contributed by atoms with Crippen molar-refractivity contribution in [3.8, 4) is 28.5 Å². The van der Waals surface area contributed by atoms with E-state index in [0.717, 1.165) is 39.1 Å². The van der Waals surface area contributed by atoms with Gasteiger partial charge >= 0.3 is 0 Å². The van der Waals surface area contributed by atoms with Gasteiger partial charge in [-0.2, -0.15) is 5.26 Å². The first kappa shape index (κ1) is 23.7. The van der Waals surface area contributed by atoms with Crippen LogP contribution in [0.3, 0.4) is 0 Å². The van der Waals surface area contributed by atoms with Gasteiger partial charge in [-0.25, -0.2) is 14.5 Å². The Labute approximate surface area is 224 Å². The van der Waals surface area contributed by atoms with Gasteiger partial charge in [-0.3, -0.25) is 4.79 Å². The molecule has 2 N–H and O–H groups in total. The molecular formula is C31H23N5OS. The van der Waals surface area contributed by atoms with Crippen LogP contribution in [0, 0.1) is 25.2 Å². The van der Waals surface area contributed by atoms with Crippen LogP contribution in [0.1, 0.15) is 21.9 Å². The van der Waals surface area contributed by atoms with Gasteiger partial charge in [0.15, 0.2) is 10.8 Å². The number of hydrogen-bond acceptors (Lipinski definition) is 6. The summed E-state index contributed by atoms with van der Waals surface area (Å²) in [5, 5.41) is 10.4. The lowest BCUT2D eigenvalue weighted by Gasteiger charge is -2.26. The minimum atomic E-state index is -0.373. The Morgan fingerprint density at radius 3 is 2.16 bits per heavy atom. The van der Waals surface area contributed by atoms with Crippen molar-refractivity contribution in [3.63, 3.8) is 0 Å². The molecule has 1 atom stereocenters. The van der Waals surface area contributed by atoms with E-state index in [9.17, 15) is 10.1 Å². The monoisotopic (exact) mass is 513 g/mol. The van der Waals surface area contributed by atoms with Crippen LogP contribution in [0.5, 0.6) is 0 Å². The lowest BCUT2D eigenvalue weighted by atomic mass is 9.99. The van der Waals surface area contributed by atoms with E-state index in [1.165, 1.54) is 16.3 Å². The van der Waals surface area contributed by atoms with Gasteiger partial charge in [-0.1, -0.05) is 102 Å². The summed E-state index contributed by atoms with van der Waals surface area (Å²) in [5.74, 6) is 0.104. The highest BCUT2D eigenvalue weighted by atomic mass is 32.2. The van der Waals surface area contributed by atoms with Crippen molar-refractivity contribution >= 4 is 28.6 Å². The minimum absolute atomic E-state index is 0.104. The van der Waals surface area contributed by atoms with Crippen molar-refractivity contribution in [2.45, 2.75) is 24.3 Å². The van der Waals surface area contributed by atoms with Crippen molar-refractivity contribution in [1.29, 1.82) is 5.26 Å². The molecule has 1 aliphatic heterocycles. The maximum Gasteiger partial charge on any atom is 0.270 e. The van der Waals surface area contributed by atoms with Crippen molar-refractivity contribution in [1.82, 2.24) is 14.5 Å². The second kappa shape index (κ2) is 9.33. The normalized spacial score (nSPS) is 14.8. The topological polar surface area (TPSA) is 97.6 Å². The fourth-order valence-electron chi connectivity index (χ4n) is 4.68. The second-order valence-corrected chi connectivity index (χ2v) is 10.4. The van der Waals surface area contributed by atoms with Crippen LogP contribution in [0.4, 0.5) is 0 Å². The number of thioether (sulfide) groups is 1. The quantitative estimate of drug-likeness (QED) is 0.287. The third-order valence-corrected chi connectivity index (χ3v) is 7.97. The first-order valence-electron chi connectivity index (χ1n) is 12.2. The summed E-state index contributed by atoms with van der Waals surface area (Å²) < 4.78 is 1.36. The molecule has 0 bridgehead atoms. The third-order valence-electron chi connectivity index (χ3n) is 6.75. The molecule has 0 fully saturated rings. The second-order valence-electron chi connectivity index (χ2n) is 9.34. The fraction of sp³-hybridized carbons (Fsp3) is 0.0968. The minimum Gasteiger partial charge on any atom is -0.384 e. The van der Waals surface area contributed by atoms with Crippen molar-refractivity contribution < 1.29 is 0 Å². The first-order chi connectivity index (χ1) is 18.4. The van der Waals surface area contributed by atoms with Gasteiger partial charge in [0.25, 0.3) is 5.56 Å². The number of rotatable bonds is 3. The number of nitriles is 1. The molecule has 3 heterocycles. The van der Waals surface area contributed by atoms with Crippen molar-refractivity contribution in [2.24, 2.45) is 5.73 Å². The molecule has 7 heteroatoms. The Bertz CT molecular complexity index is 1830. The lowest BCUT2D eigenvalue weighted by molar-refractivity contribution is 0.797. The summed E-state index contributed by atoms with van der Waals surface area (Å²) in [7, 11) is 0. The molecule has 0 radical (unpaired) electrons. The maximum absolute atomic E-state index is 14.1. The lowest BCUT2D eigenvalue weighted by Crippen LogP contribution is -2.31. The molecule has 6 rings (SSSR count). The van der Waals surface area contributed by atoms with Crippen LogP contribution in [0.2, 0.25) is 0 Å². The number of benzene rings is 3. The zero-order valence-electron chi connectivity index (χ0n) is 20.8. The molecule has 1 aliphatic rings. The molecule has 0 amide bonds. The number of nitrogens with two attached hydrogens (primary N) is 1. The molecule has 1 unspecified atom stereocenters. The van der Waals surface area contributed by atoms with Crippen molar-refractivity contribution in [2.75, 3.05) is 0 Å². The zero-order valence-corrected chi connectivity index (χ0v) is 21.7. The van der Waals surface area contributed by atoms with Crippen LogP contribution in [0.25, 0.3) is 39.2 Å². The van der Waals surface area contributed by atoms with Crippen LogP contribution in [-0.4, -0.2) is 14.5 Å². The molecule has 184 valence electrons. The molecule has 2 aromatic heterocycles. The predicted molar refractivity (Wildman–Crippen MR) is 152 cm³/mol. The standard InChI is InChI=1S/C31H23N5OS/c1-18-8-12-20(13-9-18)23-16-25(21-14-10-19(2)11-15-21)34-29-26(23)30(37)36-28(33)24(17-32)27(38-31(36)35-29)22-6-4-3-5-7-22/h3-16,27H,33H2,1-2H3. The largest absolute Gasteiger partial charge is 0.384 e. The van der Waals surface area contributed by atoms with E-state index >= 15 is 0 Å². The molecular weight excluding hydrogens is 490 g/mol. The van der Waals surface area contributed by atoms with E-state index in [1.807, 2.05) is 98.8 Å². The average Bonchev–Trinajstić information content (AvgIpc) is 2.93. The number of pyridine rings is 1. The summed E-state index contributed by atoms with van der Waals surface area (Å²) in [4.78, 5) is 23.8. The highest BCUT2D eigenvalue weighted by Gasteiger charge is 2.32. The van der Waals surface area contributed by atoms with Gasteiger partial charge in [0.1, 0.15) is 11.9 Å². The van der Waals surface area contributed by atoms with Gasteiger partial charge in [0.05, 0.1) is 21.9 Å². The Balaban J connectivity index is 1.65. The molecule has 6 nitrogen and oxygen atoms in total. The van der Waals surface area contributed by atoms with Crippen LogP contribution in [-0.2, 0) is 0 Å². The van der Waals surface area contributed by atoms with Gasteiger partial charge in [0.2, 0.25) is 0 Å². The highest BCUT2D eigenvalue weighted by molar-refractivity contribution is 7.99. The van der Waals surface area contributed by atoms with Gasteiger partial charge in [-0.05, 0) is 31.0 Å². The van der Waals surface area contributed by atoms with Gasteiger partial charge in [-0.15, -0.1) is 0 Å². The molecule has 5 aromatic rings. The zero-order chi connectivity index (χ0) is 26.4. The summed E-state index contributed by atoms with van der Waals surface area (Å²) in [6.07, 6.45) is 0. The fourth-order valence-corrected chi connectivity index (χ4v) is 5.91. The Morgan fingerprint density at radius 1 is 0.895 bits per heavy atom.